The highest BCUT2D eigenvalue weighted by Gasteiger charge is 2.18. The first kappa shape index (κ1) is 17.0. The highest BCUT2D eigenvalue weighted by Crippen LogP contribution is 2.27. The first-order valence-corrected chi connectivity index (χ1v) is 8.94. The average molecular weight is 341 g/mol. The van der Waals surface area contributed by atoms with Crippen LogP contribution < -0.4 is 16.0 Å². The standard InChI is InChI=1S/C13H19N5O4S/c1-9-8-16-13(17-9)15-6-5-14-11-4-3-10(23(2,21)22)7-12(11)18(19)20/h3-4,7,9,14H,5-6,8H2,1-2H3,(H2,15,16,17). The summed E-state index contributed by atoms with van der Waals surface area (Å²) in [4.78, 5) is 14.7. The topological polar surface area (TPSA) is 126 Å². The zero-order chi connectivity index (χ0) is 17.0. The predicted molar refractivity (Wildman–Crippen MR) is 87.6 cm³/mol. The fourth-order valence-corrected chi connectivity index (χ4v) is 2.72. The van der Waals surface area contributed by atoms with E-state index < -0.39 is 14.8 Å². The van der Waals surface area contributed by atoms with Crippen molar-refractivity contribution in [3.63, 3.8) is 0 Å². The predicted octanol–water partition coefficient (Wildman–Crippen LogP) is 0.347. The first-order valence-electron chi connectivity index (χ1n) is 7.04. The third-order valence-corrected chi connectivity index (χ3v) is 4.34. The molecule has 23 heavy (non-hydrogen) atoms. The normalized spacial score (nSPS) is 17.3. The molecule has 0 amide bonds. The third-order valence-electron chi connectivity index (χ3n) is 3.23. The number of sulfone groups is 1. The highest BCUT2D eigenvalue weighted by atomic mass is 32.2. The van der Waals surface area contributed by atoms with Gasteiger partial charge < -0.3 is 16.0 Å². The Balaban J connectivity index is 1.98. The summed E-state index contributed by atoms with van der Waals surface area (Å²) in [6, 6.07) is 4.12. The largest absolute Gasteiger partial charge is 0.378 e. The molecular formula is C13H19N5O4S. The summed E-state index contributed by atoms with van der Waals surface area (Å²) < 4.78 is 23.0. The van der Waals surface area contributed by atoms with E-state index in [1.54, 1.807) is 0 Å². The van der Waals surface area contributed by atoms with Gasteiger partial charge in [0.05, 0.1) is 16.4 Å². The van der Waals surface area contributed by atoms with E-state index in [1.807, 2.05) is 6.92 Å². The number of anilines is 1. The monoisotopic (exact) mass is 341 g/mol. The Labute approximate surface area is 134 Å². The Hall–Kier alpha value is -2.36. The molecule has 1 aromatic carbocycles. The summed E-state index contributed by atoms with van der Waals surface area (Å²) in [7, 11) is -3.49. The third kappa shape index (κ3) is 4.55. The minimum Gasteiger partial charge on any atom is -0.378 e. The van der Waals surface area contributed by atoms with Crippen molar-refractivity contribution in [1.82, 2.24) is 10.6 Å². The highest BCUT2D eigenvalue weighted by molar-refractivity contribution is 7.90. The molecule has 0 radical (unpaired) electrons. The molecule has 0 saturated carbocycles. The number of nitrogens with one attached hydrogen (secondary N) is 3. The number of rotatable bonds is 6. The van der Waals surface area contributed by atoms with Crippen LogP contribution in [0.3, 0.4) is 0 Å². The number of nitro benzene ring substituents is 1. The average Bonchev–Trinajstić information content (AvgIpc) is 2.88. The second-order valence-electron chi connectivity index (χ2n) is 5.30. The van der Waals surface area contributed by atoms with E-state index in [9.17, 15) is 18.5 Å². The van der Waals surface area contributed by atoms with Gasteiger partial charge in [-0.2, -0.15) is 0 Å². The minimum atomic E-state index is -3.49. The number of hydrogen-bond acceptors (Lipinski definition) is 8. The van der Waals surface area contributed by atoms with Gasteiger partial charge >= 0.3 is 0 Å². The second-order valence-corrected chi connectivity index (χ2v) is 7.31. The molecule has 0 fully saturated rings. The van der Waals surface area contributed by atoms with Crippen molar-refractivity contribution in [2.45, 2.75) is 17.9 Å². The van der Waals surface area contributed by atoms with Crippen LogP contribution in [0.15, 0.2) is 28.1 Å². The molecule has 0 spiro atoms. The maximum absolute atomic E-state index is 11.5. The maximum atomic E-state index is 11.5. The van der Waals surface area contributed by atoms with Gasteiger partial charge in [-0.3, -0.25) is 15.1 Å². The Kier molecular flexibility index (Phi) is 5.04. The van der Waals surface area contributed by atoms with Crippen LogP contribution in [0.5, 0.6) is 0 Å². The Morgan fingerprint density at radius 1 is 1.39 bits per heavy atom. The number of nitro groups is 1. The van der Waals surface area contributed by atoms with Gasteiger partial charge in [-0.25, -0.2) is 8.42 Å². The number of nitrogens with zero attached hydrogens (tertiary/aromatic N) is 2. The second kappa shape index (κ2) is 6.82. The molecule has 0 aromatic heterocycles. The molecule has 1 aliphatic heterocycles. The summed E-state index contributed by atoms with van der Waals surface area (Å²) in [5, 5.41) is 20.3. The fraction of sp³-hybridized carbons (Fsp3) is 0.462. The van der Waals surface area contributed by atoms with Crippen LogP contribution in [0.1, 0.15) is 6.92 Å². The molecule has 10 heteroatoms. The summed E-state index contributed by atoms with van der Waals surface area (Å²) in [6.07, 6.45) is 1.01. The number of guanidine groups is 1. The summed E-state index contributed by atoms with van der Waals surface area (Å²) >= 11 is 0. The molecule has 0 saturated heterocycles. The Morgan fingerprint density at radius 3 is 2.65 bits per heavy atom. The van der Waals surface area contributed by atoms with Gasteiger partial charge in [-0.1, -0.05) is 0 Å². The van der Waals surface area contributed by atoms with E-state index in [0.29, 0.717) is 31.6 Å². The Bertz CT molecular complexity index is 732. The molecule has 0 bridgehead atoms. The molecule has 9 nitrogen and oxygen atoms in total. The van der Waals surface area contributed by atoms with E-state index in [2.05, 4.69) is 20.9 Å². The zero-order valence-corrected chi connectivity index (χ0v) is 13.7. The van der Waals surface area contributed by atoms with E-state index in [1.165, 1.54) is 12.1 Å². The molecule has 1 aromatic rings. The van der Waals surface area contributed by atoms with Crippen molar-refractivity contribution in [3.05, 3.63) is 28.3 Å². The van der Waals surface area contributed by atoms with E-state index in [-0.39, 0.29) is 16.3 Å². The summed E-state index contributed by atoms with van der Waals surface area (Å²) in [5.74, 6) is 0.709. The fourth-order valence-electron chi connectivity index (χ4n) is 2.08. The van der Waals surface area contributed by atoms with Crippen LogP contribution in [0.25, 0.3) is 0 Å². The van der Waals surface area contributed by atoms with Crippen LogP contribution in [0, 0.1) is 10.1 Å². The Morgan fingerprint density at radius 2 is 2.09 bits per heavy atom. The lowest BCUT2D eigenvalue weighted by Gasteiger charge is -2.11. The number of aliphatic imine (C=N–C) groups is 1. The molecule has 0 aliphatic carbocycles. The molecule has 1 atom stereocenters. The van der Waals surface area contributed by atoms with Crippen molar-refractivity contribution in [2.24, 2.45) is 4.99 Å². The van der Waals surface area contributed by atoms with Crippen LogP contribution in [0.4, 0.5) is 11.4 Å². The maximum Gasteiger partial charge on any atom is 0.293 e. The zero-order valence-electron chi connectivity index (χ0n) is 12.9. The lowest BCUT2D eigenvalue weighted by atomic mass is 10.2. The lowest BCUT2D eigenvalue weighted by molar-refractivity contribution is -0.384. The van der Waals surface area contributed by atoms with Gasteiger partial charge in [0, 0.05) is 31.5 Å². The molecular weight excluding hydrogens is 322 g/mol. The molecule has 3 N–H and O–H groups in total. The van der Waals surface area contributed by atoms with Crippen molar-refractivity contribution >= 4 is 27.2 Å². The molecule has 1 heterocycles. The van der Waals surface area contributed by atoms with Crippen molar-refractivity contribution in [2.75, 3.05) is 31.2 Å². The summed E-state index contributed by atoms with van der Waals surface area (Å²) in [5.41, 5.74) is 0.0109. The van der Waals surface area contributed by atoms with Gasteiger partial charge in [0.2, 0.25) is 0 Å². The molecule has 1 aliphatic rings. The lowest BCUT2D eigenvalue weighted by Crippen LogP contribution is -2.39. The van der Waals surface area contributed by atoms with Crippen LogP contribution in [-0.2, 0) is 9.84 Å². The van der Waals surface area contributed by atoms with E-state index in [0.717, 1.165) is 12.3 Å². The summed E-state index contributed by atoms with van der Waals surface area (Å²) in [6.45, 7) is 3.68. The van der Waals surface area contributed by atoms with Crippen molar-refractivity contribution in [1.29, 1.82) is 0 Å². The molecule has 126 valence electrons. The van der Waals surface area contributed by atoms with Gasteiger partial charge in [-0.05, 0) is 19.1 Å². The van der Waals surface area contributed by atoms with Crippen LogP contribution in [0.2, 0.25) is 0 Å². The number of benzene rings is 1. The van der Waals surface area contributed by atoms with E-state index >= 15 is 0 Å². The van der Waals surface area contributed by atoms with Gasteiger partial charge in [0.15, 0.2) is 15.8 Å². The van der Waals surface area contributed by atoms with Crippen LogP contribution in [-0.4, -0.2) is 51.2 Å². The van der Waals surface area contributed by atoms with Gasteiger partial charge in [-0.15, -0.1) is 0 Å². The molecule has 1 unspecified atom stereocenters. The molecule has 2 rings (SSSR count). The number of hydrogen-bond donors (Lipinski definition) is 3. The SMILES string of the molecule is CC1CN=C(NCCNc2ccc(S(C)(=O)=O)cc2[N+](=O)[O-])N1. The van der Waals surface area contributed by atoms with Gasteiger partial charge in [0.1, 0.15) is 5.69 Å². The van der Waals surface area contributed by atoms with Crippen molar-refractivity contribution in [3.8, 4) is 0 Å². The smallest absolute Gasteiger partial charge is 0.293 e. The first-order chi connectivity index (χ1) is 10.8. The van der Waals surface area contributed by atoms with Crippen molar-refractivity contribution < 1.29 is 13.3 Å². The quantitative estimate of drug-likeness (QED) is 0.387. The minimum absolute atomic E-state index is 0.0774. The van der Waals surface area contributed by atoms with Crippen LogP contribution >= 0.6 is 0 Å². The van der Waals surface area contributed by atoms with E-state index in [4.69, 9.17) is 0 Å². The van der Waals surface area contributed by atoms with Gasteiger partial charge in [0.25, 0.3) is 5.69 Å².